The first-order valence-corrected chi connectivity index (χ1v) is 7.81. The Morgan fingerprint density at radius 2 is 1.67 bits per heavy atom. The Hall–Kier alpha value is -0.120. The molecule has 0 spiro atoms. The zero-order valence-corrected chi connectivity index (χ0v) is 12.1. The molecule has 1 N–H and O–H groups in total. The molecule has 0 aromatic carbocycles. The fraction of sp³-hybridized carbons (Fsp3) is 1.00. The Morgan fingerprint density at radius 1 is 0.944 bits per heavy atom. The van der Waals surface area contributed by atoms with Gasteiger partial charge in [-0.3, -0.25) is 4.90 Å². The maximum absolute atomic E-state index is 10.4. The number of nitrogens with zero attached hydrogens (tertiary/aromatic N) is 2. The minimum Gasteiger partial charge on any atom is -0.391 e. The fourth-order valence-electron chi connectivity index (χ4n) is 3.72. The van der Waals surface area contributed by atoms with Crippen molar-refractivity contribution in [3.63, 3.8) is 0 Å². The molecule has 1 aliphatic carbocycles. The molecule has 3 unspecified atom stereocenters. The van der Waals surface area contributed by atoms with Crippen LogP contribution in [0.2, 0.25) is 0 Å². The first-order chi connectivity index (χ1) is 8.68. The largest absolute Gasteiger partial charge is 0.391 e. The quantitative estimate of drug-likeness (QED) is 0.776. The van der Waals surface area contributed by atoms with E-state index in [-0.39, 0.29) is 6.10 Å². The highest BCUT2D eigenvalue weighted by molar-refractivity contribution is 4.86. The molecule has 1 heterocycles. The summed E-state index contributed by atoms with van der Waals surface area (Å²) >= 11 is 0. The van der Waals surface area contributed by atoms with Gasteiger partial charge < -0.3 is 10.0 Å². The second-order valence-electron chi connectivity index (χ2n) is 6.33. The van der Waals surface area contributed by atoms with Crippen molar-refractivity contribution >= 4 is 0 Å². The van der Waals surface area contributed by atoms with Crippen molar-refractivity contribution in [1.82, 2.24) is 9.80 Å². The van der Waals surface area contributed by atoms with E-state index in [1.165, 1.54) is 45.1 Å². The van der Waals surface area contributed by atoms with Gasteiger partial charge >= 0.3 is 0 Å². The van der Waals surface area contributed by atoms with Crippen molar-refractivity contribution in [1.29, 1.82) is 0 Å². The highest BCUT2D eigenvalue weighted by atomic mass is 16.3. The van der Waals surface area contributed by atoms with E-state index >= 15 is 0 Å². The average Bonchev–Trinajstić information content (AvgIpc) is 2.46. The molecule has 2 aliphatic rings. The zero-order chi connectivity index (χ0) is 13.0. The van der Waals surface area contributed by atoms with E-state index in [1.54, 1.807) is 0 Å². The highest BCUT2D eigenvalue weighted by Crippen LogP contribution is 2.25. The molecule has 18 heavy (non-hydrogen) atoms. The summed E-state index contributed by atoms with van der Waals surface area (Å²) < 4.78 is 0. The lowest BCUT2D eigenvalue weighted by molar-refractivity contribution is 0.0136. The summed E-state index contributed by atoms with van der Waals surface area (Å²) in [5.74, 6) is 0. The van der Waals surface area contributed by atoms with Gasteiger partial charge in [0.1, 0.15) is 0 Å². The predicted molar refractivity (Wildman–Crippen MR) is 75.8 cm³/mol. The molecule has 1 aliphatic heterocycles. The molecule has 0 bridgehead atoms. The van der Waals surface area contributed by atoms with Crippen LogP contribution in [0.15, 0.2) is 0 Å². The van der Waals surface area contributed by atoms with Crippen LogP contribution in [-0.4, -0.2) is 59.8 Å². The third-order valence-electron chi connectivity index (χ3n) is 4.72. The van der Waals surface area contributed by atoms with Crippen LogP contribution in [0, 0.1) is 0 Å². The summed E-state index contributed by atoms with van der Waals surface area (Å²) in [6.07, 6.45) is 8.49. The minimum absolute atomic E-state index is 0.101. The van der Waals surface area contributed by atoms with E-state index in [4.69, 9.17) is 0 Å². The van der Waals surface area contributed by atoms with Gasteiger partial charge in [-0.25, -0.2) is 0 Å². The number of hydrogen-bond donors (Lipinski definition) is 1. The lowest BCUT2D eigenvalue weighted by Crippen LogP contribution is -2.50. The van der Waals surface area contributed by atoms with Gasteiger partial charge in [-0.15, -0.1) is 0 Å². The van der Waals surface area contributed by atoms with Gasteiger partial charge in [0.05, 0.1) is 6.10 Å². The molecule has 0 amide bonds. The molecule has 1 saturated carbocycles. The minimum atomic E-state index is -0.101. The van der Waals surface area contributed by atoms with Gasteiger partial charge in [0, 0.05) is 25.2 Å². The maximum Gasteiger partial charge on any atom is 0.0695 e. The molecule has 3 nitrogen and oxygen atoms in total. The fourth-order valence-corrected chi connectivity index (χ4v) is 3.72. The lowest BCUT2D eigenvalue weighted by Gasteiger charge is -2.39. The van der Waals surface area contributed by atoms with Crippen LogP contribution < -0.4 is 0 Å². The van der Waals surface area contributed by atoms with Crippen molar-refractivity contribution in [2.75, 3.05) is 26.7 Å². The molecule has 2 fully saturated rings. The van der Waals surface area contributed by atoms with Crippen LogP contribution in [0.3, 0.4) is 0 Å². The SMILES string of the molecule is CC1CN(C)CCCN1C1CCCCCCC1O. The average molecular weight is 254 g/mol. The van der Waals surface area contributed by atoms with Crippen molar-refractivity contribution in [2.45, 2.75) is 70.1 Å². The van der Waals surface area contributed by atoms with Crippen LogP contribution in [0.25, 0.3) is 0 Å². The summed E-state index contributed by atoms with van der Waals surface area (Å²) in [7, 11) is 2.22. The Bertz CT molecular complexity index is 245. The topological polar surface area (TPSA) is 26.7 Å². The summed E-state index contributed by atoms with van der Waals surface area (Å²) in [4.78, 5) is 5.03. The molecule has 3 atom stereocenters. The van der Waals surface area contributed by atoms with Crippen LogP contribution in [0.1, 0.15) is 51.9 Å². The van der Waals surface area contributed by atoms with Gasteiger partial charge in [0.15, 0.2) is 0 Å². The molecule has 0 aromatic heterocycles. The van der Waals surface area contributed by atoms with Crippen molar-refractivity contribution in [3.8, 4) is 0 Å². The normalized spacial score (nSPS) is 37.8. The van der Waals surface area contributed by atoms with Gasteiger partial charge in [-0.05, 0) is 39.8 Å². The van der Waals surface area contributed by atoms with E-state index in [0.717, 1.165) is 19.5 Å². The Kier molecular flexibility index (Phi) is 5.46. The third-order valence-corrected chi connectivity index (χ3v) is 4.72. The first-order valence-electron chi connectivity index (χ1n) is 7.81. The van der Waals surface area contributed by atoms with Gasteiger partial charge in [-0.2, -0.15) is 0 Å². The van der Waals surface area contributed by atoms with Gasteiger partial charge in [-0.1, -0.05) is 25.7 Å². The van der Waals surface area contributed by atoms with E-state index < -0.39 is 0 Å². The van der Waals surface area contributed by atoms with E-state index in [9.17, 15) is 5.11 Å². The number of likely N-dealkylation sites (N-methyl/N-ethyl adjacent to an activating group) is 1. The van der Waals surface area contributed by atoms with E-state index in [2.05, 4.69) is 23.8 Å². The molecule has 0 radical (unpaired) electrons. The smallest absolute Gasteiger partial charge is 0.0695 e. The monoisotopic (exact) mass is 254 g/mol. The predicted octanol–water partition coefficient (Wildman–Crippen LogP) is 2.10. The first kappa shape index (κ1) is 14.3. The Balaban J connectivity index is 2.01. The van der Waals surface area contributed by atoms with Crippen molar-refractivity contribution in [3.05, 3.63) is 0 Å². The summed E-state index contributed by atoms with van der Waals surface area (Å²) in [6, 6.07) is 0.989. The van der Waals surface area contributed by atoms with E-state index in [1.807, 2.05) is 0 Å². The summed E-state index contributed by atoms with van der Waals surface area (Å²) in [5.41, 5.74) is 0. The van der Waals surface area contributed by atoms with Crippen molar-refractivity contribution < 1.29 is 5.11 Å². The molecule has 2 rings (SSSR count). The van der Waals surface area contributed by atoms with Gasteiger partial charge in [0.25, 0.3) is 0 Å². The zero-order valence-electron chi connectivity index (χ0n) is 12.1. The molecule has 106 valence electrons. The molecule has 1 saturated heterocycles. The summed E-state index contributed by atoms with van der Waals surface area (Å²) in [5, 5.41) is 10.4. The Morgan fingerprint density at radius 3 is 2.44 bits per heavy atom. The van der Waals surface area contributed by atoms with Crippen LogP contribution in [0.5, 0.6) is 0 Å². The number of aliphatic hydroxyl groups excluding tert-OH is 1. The molecule has 3 heteroatoms. The Labute approximate surface area is 112 Å². The van der Waals surface area contributed by atoms with Crippen molar-refractivity contribution in [2.24, 2.45) is 0 Å². The van der Waals surface area contributed by atoms with Crippen LogP contribution in [-0.2, 0) is 0 Å². The standard InChI is InChI=1S/C15H30N2O/c1-13-12-16(2)10-7-11-17(13)14-8-5-3-4-6-9-15(14)18/h13-15,18H,3-12H2,1-2H3. The highest BCUT2D eigenvalue weighted by Gasteiger charge is 2.31. The van der Waals surface area contributed by atoms with Crippen LogP contribution >= 0.6 is 0 Å². The number of hydrogen-bond acceptors (Lipinski definition) is 3. The van der Waals surface area contributed by atoms with E-state index in [0.29, 0.717) is 12.1 Å². The molecule has 0 aromatic rings. The maximum atomic E-state index is 10.4. The lowest BCUT2D eigenvalue weighted by atomic mass is 9.92. The van der Waals surface area contributed by atoms with Gasteiger partial charge in [0.2, 0.25) is 0 Å². The summed E-state index contributed by atoms with van der Waals surface area (Å²) in [6.45, 7) is 5.83. The molecular formula is C15H30N2O. The second kappa shape index (κ2) is 6.88. The number of aliphatic hydroxyl groups is 1. The third kappa shape index (κ3) is 3.69. The van der Waals surface area contributed by atoms with Crippen LogP contribution in [0.4, 0.5) is 0 Å². The number of rotatable bonds is 1. The second-order valence-corrected chi connectivity index (χ2v) is 6.33. The molecular weight excluding hydrogens is 224 g/mol.